The molecule has 0 fully saturated rings. The van der Waals surface area contributed by atoms with Crippen LogP contribution in [0.4, 0.5) is 5.69 Å². The normalized spacial score (nSPS) is 15.5. The van der Waals surface area contributed by atoms with Crippen molar-refractivity contribution in [2.24, 2.45) is 5.92 Å². The molecule has 1 amide bonds. The van der Waals surface area contributed by atoms with Gasteiger partial charge < -0.3 is 9.88 Å². The molecule has 7 heteroatoms. The molecule has 2 heterocycles. The second kappa shape index (κ2) is 10.9. The van der Waals surface area contributed by atoms with Gasteiger partial charge in [-0.3, -0.25) is 4.79 Å². The van der Waals surface area contributed by atoms with Crippen LogP contribution in [0.25, 0.3) is 11.4 Å². The van der Waals surface area contributed by atoms with E-state index in [0.717, 1.165) is 54.8 Å². The first-order chi connectivity index (χ1) is 16.0. The van der Waals surface area contributed by atoms with Crippen LogP contribution in [0.2, 0.25) is 0 Å². The van der Waals surface area contributed by atoms with Gasteiger partial charge in [0.1, 0.15) is 0 Å². The zero-order valence-electron chi connectivity index (χ0n) is 20.1. The Balaban J connectivity index is 1.51. The highest BCUT2D eigenvalue weighted by molar-refractivity contribution is 7.99. The van der Waals surface area contributed by atoms with Gasteiger partial charge in [0, 0.05) is 28.1 Å². The lowest BCUT2D eigenvalue weighted by atomic mass is 9.88. The molecule has 4 rings (SSSR count). The monoisotopic (exact) mass is 482 g/mol. The van der Waals surface area contributed by atoms with Gasteiger partial charge >= 0.3 is 0 Å². The fourth-order valence-corrected chi connectivity index (χ4v) is 6.60. The number of para-hydroxylation sites is 1. The molecule has 1 aliphatic carbocycles. The topological polar surface area (TPSA) is 59.8 Å². The molecule has 1 aliphatic rings. The summed E-state index contributed by atoms with van der Waals surface area (Å²) in [5, 5.41) is 15.3. The highest BCUT2D eigenvalue weighted by Gasteiger charge is 2.24. The Bertz CT molecular complexity index is 1100. The first-order valence-electron chi connectivity index (χ1n) is 12.1. The summed E-state index contributed by atoms with van der Waals surface area (Å²) >= 11 is 3.34. The molecule has 1 unspecified atom stereocenters. The summed E-state index contributed by atoms with van der Waals surface area (Å²) in [6.07, 6.45) is 6.32. The number of hydrogen-bond acceptors (Lipinski definition) is 5. The molecule has 1 atom stereocenters. The van der Waals surface area contributed by atoms with E-state index in [1.165, 1.54) is 51.7 Å². The SMILES string of the molecule is CCCn1c(SCC(=O)Nc2c(CC)cccc2CC)nnc1-c1csc2c1CCC(C)C2. The number of anilines is 1. The Morgan fingerprint density at radius 1 is 1.21 bits per heavy atom. The Hall–Kier alpha value is -2.12. The molecule has 33 heavy (non-hydrogen) atoms. The van der Waals surface area contributed by atoms with E-state index in [1.807, 2.05) is 11.3 Å². The molecule has 1 N–H and O–H groups in total. The van der Waals surface area contributed by atoms with E-state index in [2.05, 4.69) is 71.4 Å². The number of nitrogens with one attached hydrogen (secondary N) is 1. The summed E-state index contributed by atoms with van der Waals surface area (Å²) in [5.74, 6) is 2.04. The van der Waals surface area contributed by atoms with Crippen LogP contribution in [0, 0.1) is 5.92 Å². The average Bonchev–Trinajstić information content (AvgIpc) is 3.41. The van der Waals surface area contributed by atoms with E-state index in [4.69, 9.17) is 0 Å². The maximum absolute atomic E-state index is 12.9. The highest BCUT2D eigenvalue weighted by atomic mass is 32.2. The number of rotatable bonds is 9. The van der Waals surface area contributed by atoms with E-state index in [0.29, 0.717) is 5.75 Å². The lowest BCUT2D eigenvalue weighted by Gasteiger charge is -2.19. The molecule has 0 saturated carbocycles. The molecule has 5 nitrogen and oxygen atoms in total. The third kappa shape index (κ3) is 5.19. The van der Waals surface area contributed by atoms with Crippen molar-refractivity contribution in [3.05, 3.63) is 45.1 Å². The van der Waals surface area contributed by atoms with E-state index < -0.39 is 0 Å². The van der Waals surface area contributed by atoms with E-state index in [1.54, 1.807) is 0 Å². The summed E-state index contributed by atoms with van der Waals surface area (Å²) in [6, 6.07) is 6.25. The van der Waals surface area contributed by atoms with Gasteiger partial charge in [-0.25, -0.2) is 0 Å². The number of hydrogen-bond donors (Lipinski definition) is 1. The van der Waals surface area contributed by atoms with Crippen molar-refractivity contribution >= 4 is 34.7 Å². The van der Waals surface area contributed by atoms with Crippen molar-refractivity contribution in [2.75, 3.05) is 11.1 Å². The van der Waals surface area contributed by atoms with Gasteiger partial charge in [0.15, 0.2) is 11.0 Å². The number of thiophene rings is 1. The largest absolute Gasteiger partial charge is 0.325 e. The first-order valence-corrected chi connectivity index (χ1v) is 14.0. The molecule has 3 aromatic rings. The average molecular weight is 483 g/mol. The summed E-state index contributed by atoms with van der Waals surface area (Å²) in [5.41, 5.74) is 6.04. The number of fused-ring (bicyclic) bond motifs is 1. The maximum atomic E-state index is 12.9. The summed E-state index contributed by atoms with van der Waals surface area (Å²) in [7, 11) is 0. The van der Waals surface area contributed by atoms with Crippen molar-refractivity contribution in [3.8, 4) is 11.4 Å². The summed E-state index contributed by atoms with van der Waals surface area (Å²) in [6.45, 7) is 9.61. The Labute approximate surface area is 205 Å². The number of thioether (sulfide) groups is 1. The van der Waals surface area contributed by atoms with Crippen LogP contribution in [-0.4, -0.2) is 26.4 Å². The van der Waals surface area contributed by atoms with Crippen LogP contribution in [0.15, 0.2) is 28.7 Å². The number of carbonyl (C=O) groups is 1. The molecule has 0 radical (unpaired) electrons. The van der Waals surface area contributed by atoms with Crippen molar-refractivity contribution in [3.63, 3.8) is 0 Å². The van der Waals surface area contributed by atoms with Crippen LogP contribution in [0.1, 0.15) is 62.1 Å². The minimum atomic E-state index is 0.00472. The Kier molecular flexibility index (Phi) is 7.91. The van der Waals surface area contributed by atoms with E-state index >= 15 is 0 Å². The predicted molar refractivity (Wildman–Crippen MR) is 139 cm³/mol. The third-order valence-electron chi connectivity index (χ3n) is 6.40. The summed E-state index contributed by atoms with van der Waals surface area (Å²) in [4.78, 5) is 14.4. The zero-order valence-corrected chi connectivity index (χ0v) is 21.7. The predicted octanol–water partition coefficient (Wildman–Crippen LogP) is 6.40. The second-order valence-corrected chi connectivity index (χ2v) is 10.8. The Morgan fingerprint density at radius 2 is 1.97 bits per heavy atom. The lowest BCUT2D eigenvalue weighted by Crippen LogP contribution is -2.17. The fraction of sp³-hybridized carbons (Fsp3) is 0.500. The number of aromatic nitrogens is 3. The third-order valence-corrected chi connectivity index (χ3v) is 8.42. The second-order valence-electron chi connectivity index (χ2n) is 8.85. The van der Waals surface area contributed by atoms with Gasteiger partial charge in [0.25, 0.3) is 0 Å². The number of amides is 1. The molecule has 176 valence electrons. The highest BCUT2D eigenvalue weighted by Crippen LogP contribution is 2.38. The zero-order chi connectivity index (χ0) is 23.4. The number of benzene rings is 1. The van der Waals surface area contributed by atoms with Crippen molar-refractivity contribution in [1.29, 1.82) is 0 Å². The molecule has 0 bridgehead atoms. The van der Waals surface area contributed by atoms with Gasteiger partial charge in [-0.15, -0.1) is 21.5 Å². The minimum Gasteiger partial charge on any atom is -0.325 e. The van der Waals surface area contributed by atoms with Gasteiger partial charge in [0.2, 0.25) is 5.91 Å². The summed E-state index contributed by atoms with van der Waals surface area (Å²) < 4.78 is 2.20. The fourth-order valence-electron chi connectivity index (χ4n) is 4.59. The molecule has 0 saturated heterocycles. The number of carbonyl (C=O) groups excluding carboxylic acids is 1. The minimum absolute atomic E-state index is 0.00472. The van der Waals surface area contributed by atoms with Crippen molar-refractivity contribution in [2.45, 2.75) is 77.9 Å². The van der Waals surface area contributed by atoms with Crippen LogP contribution in [0.5, 0.6) is 0 Å². The van der Waals surface area contributed by atoms with Crippen LogP contribution in [-0.2, 0) is 37.0 Å². The molecule has 2 aromatic heterocycles. The first kappa shape index (κ1) is 24.0. The quantitative estimate of drug-likeness (QED) is 0.359. The van der Waals surface area contributed by atoms with Crippen molar-refractivity contribution in [1.82, 2.24) is 14.8 Å². The van der Waals surface area contributed by atoms with Gasteiger partial charge in [-0.2, -0.15) is 0 Å². The molecular weight excluding hydrogens is 448 g/mol. The smallest absolute Gasteiger partial charge is 0.234 e. The molecule has 0 aliphatic heterocycles. The van der Waals surface area contributed by atoms with Crippen LogP contribution in [0.3, 0.4) is 0 Å². The van der Waals surface area contributed by atoms with Crippen molar-refractivity contribution < 1.29 is 4.79 Å². The van der Waals surface area contributed by atoms with E-state index in [-0.39, 0.29) is 5.91 Å². The number of nitrogens with zero attached hydrogens (tertiary/aromatic N) is 3. The van der Waals surface area contributed by atoms with E-state index in [9.17, 15) is 4.79 Å². The van der Waals surface area contributed by atoms with Gasteiger partial charge in [-0.1, -0.05) is 57.7 Å². The molecular formula is C26H34N4OS2. The van der Waals surface area contributed by atoms with Gasteiger partial charge in [0.05, 0.1) is 5.75 Å². The number of aryl methyl sites for hydroxylation is 2. The Morgan fingerprint density at radius 3 is 2.67 bits per heavy atom. The van der Waals surface area contributed by atoms with Crippen LogP contribution >= 0.6 is 23.1 Å². The standard InChI is InChI=1S/C26H34N4OS2/c1-5-13-30-25(21-15-32-22-14-17(4)11-12-20(21)22)28-29-26(30)33-16-23(31)27-24-18(6-2)9-8-10-19(24)7-3/h8-10,15,17H,5-7,11-14,16H2,1-4H3,(H,27,31). The maximum Gasteiger partial charge on any atom is 0.234 e. The van der Waals surface area contributed by atoms with Crippen LogP contribution < -0.4 is 5.32 Å². The molecule has 0 spiro atoms. The lowest BCUT2D eigenvalue weighted by molar-refractivity contribution is -0.113. The molecule has 1 aromatic carbocycles. The van der Waals surface area contributed by atoms with Gasteiger partial charge in [-0.05, 0) is 61.1 Å².